The van der Waals surface area contributed by atoms with Crippen LogP contribution in [-0.4, -0.2) is 40.2 Å². The highest BCUT2D eigenvalue weighted by Gasteiger charge is 2.63. The predicted molar refractivity (Wildman–Crippen MR) is 99.1 cm³/mol. The maximum absolute atomic E-state index is 14.7. The molecule has 9 nitrogen and oxygen atoms in total. The molecule has 2 aliphatic heterocycles. The average Bonchev–Trinajstić information content (AvgIpc) is 2.92. The van der Waals surface area contributed by atoms with Gasteiger partial charge in [0.05, 0.1) is 6.61 Å². The molecule has 1 amide bonds. The molecule has 29 heavy (non-hydrogen) atoms. The molecule has 1 unspecified atom stereocenters. The number of carbonyl (C=O) groups is 1. The smallest absolute Gasteiger partial charge is 0.343 e. The van der Waals surface area contributed by atoms with Crippen molar-refractivity contribution in [2.45, 2.75) is 63.9 Å². The van der Waals surface area contributed by atoms with Gasteiger partial charge in [0.1, 0.15) is 11.9 Å². The molecule has 2 saturated heterocycles. The quantitative estimate of drug-likeness (QED) is 0.656. The van der Waals surface area contributed by atoms with Crippen molar-refractivity contribution in [2.24, 2.45) is 5.92 Å². The molecule has 12 heteroatoms. The number of anilines is 1. The normalized spacial score (nSPS) is 28.3. The summed E-state index contributed by atoms with van der Waals surface area (Å²) in [5, 5.41) is 2.57. The van der Waals surface area contributed by atoms with Gasteiger partial charge in [-0.2, -0.15) is 13.8 Å². The summed E-state index contributed by atoms with van der Waals surface area (Å²) < 4.78 is 56.0. The highest BCUT2D eigenvalue weighted by Crippen LogP contribution is 2.50. The standard InChI is InChI=1S/C17H24F2N3O6P/c1-3-5-10(6-4-2)14(23)20-12-7-8-22(16(24)21-12)15-17(18,19)13-11(27-15)9-26-29(25)28-13/h7-8,10-11,13,15,29H,3-6,9H2,1-2H3,(H,20,21,23,24)/t11-,13-,15-/m1/s1. The lowest BCUT2D eigenvalue weighted by molar-refractivity contribution is -0.135. The van der Waals surface area contributed by atoms with Gasteiger partial charge in [0.2, 0.25) is 12.1 Å². The number of nitrogens with one attached hydrogen (secondary N) is 1. The molecular formula is C17H24F2N3O6P. The van der Waals surface area contributed by atoms with Crippen LogP contribution in [0.4, 0.5) is 14.6 Å². The van der Waals surface area contributed by atoms with E-state index in [0.29, 0.717) is 17.4 Å². The first kappa shape index (κ1) is 22.0. The van der Waals surface area contributed by atoms with Crippen LogP contribution in [0.25, 0.3) is 0 Å². The molecule has 1 aromatic rings. The Kier molecular flexibility index (Phi) is 6.83. The summed E-state index contributed by atoms with van der Waals surface area (Å²) in [7, 11) is -3.03. The number of halogens is 2. The lowest BCUT2D eigenvalue weighted by atomic mass is 9.97. The lowest BCUT2D eigenvalue weighted by Crippen LogP contribution is -2.44. The number of fused-ring (bicyclic) bond motifs is 1. The summed E-state index contributed by atoms with van der Waals surface area (Å²) in [6, 6.07) is 1.26. The average molecular weight is 435 g/mol. The van der Waals surface area contributed by atoms with Crippen LogP contribution in [0, 0.1) is 5.92 Å². The van der Waals surface area contributed by atoms with Crippen LogP contribution in [0.2, 0.25) is 0 Å². The van der Waals surface area contributed by atoms with Crippen LogP contribution < -0.4 is 11.0 Å². The van der Waals surface area contributed by atoms with Crippen molar-refractivity contribution >= 4 is 20.0 Å². The van der Waals surface area contributed by atoms with Gasteiger partial charge in [0.15, 0.2) is 6.10 Å². The molecule has 1 N–H and O–H groups in total. The van der Waals surface area contributed by atoms with Crippen molar-refractivity contribution in [3.63, 3.8) is 0 Å². The molecular weight excluding hydrogens is 411 g/mol. The molecule has 2 fully saturated rings. The zero-order valence-electron chi connectivity index (χ0n) is 16.1. The highest BCUT2D eigenvalue weighted by atomic mass is 31.1. The Morgan fingerprint density at radius 2 is 2.10 bits per heavy atom. The summed E-state index contributed by atoms with van der Waals surface area (Å²) in [5.41, 5.74) is -1.01. The maximum Gasteiger partial charge on any atom is 0.351 e. The Bertz CT molecular complexity index is 830. The second-order valence-corrected chi connectivity index (χ2v) is 8.09. The second-order valence-electron chi connectivity index (χ2n) is 7.07. The molecule has 3 rings (SSSR count). The van der Waals surface area contributed by atoms with Gasteiger partial charge >= 0.3 is 19.9 Å². The van der Waals surface area contributed by atoms with E-state index in [1.165, 1.54) is 6.07 Å². The van der Waals surface area contributed by atoms with E-state index in [0.717, 1.165) is 19.0 Å². The fourth-order valence-corrected chi connectivity index (χ4v) is 4.41. The Morgan fingerprint density at radius 3 is 2.72 bits per heavy atom. The van der Waals surface area contributed by atoms with E-state index < -0.39 is 38.3 Å². The first-order chi connectivity index (χ1) is 13.8. The van der Waals surface area contributed by atoms with Crippen molar-refractivity contribution in [1.29, 1.82) is 0 Å². The van der Waals surface area contributed by atoms with E-state index in [1.807, 2.05) is 13.8 Å². The van der Waals surface area contributed by atoms with Crippen molar-refractivity contribution in [1.82, 2.24) is 9.55 Å². The Balaban J connectivity index is 1.77. The largest absolute Gasteiger partial charge is 0.351 e. The van der Waals surface area contributed by atoms with Crippen molar-refractivity contribution in [2.75, 3.05) is 11.9 Å². The minimum Gasteiger partial charge on any atom is -0.343 e. The number of rotatable bonds is 7. The third-order valence-corrected chi connectivity index (χ3v) is 5.77. The molecule has 4 atom stereocenters. The fourth-order valence-electron chi connectivity index (χ4n) is 3.53. The van der Waals surface area contributed by atoms with Gasteiger partial charge in [0, 0.05) is 12.1 Å². The summed E-state index contributed by atoms with van der Waals surface area (Å²) >= 11 is 0. The topological polar surface area (TPSA) is 109 Å². The highest BCUT2D eigenvalue weighted by molar-refractivity contribution is 7.33. The number of hydrogen-bond donors (Lipinski definition) is 1. The van der Waals surface area contributed by atoms with Crippen LogP contribution in [0.5, 0.6) is 0 Å². The SMILES string of the molecule is CCCC(CCC)C(=O)Nc1ccn([C@@H]2O[C@@H]3CO[PH](=O)O[C@H]3C2(F)F)c(=O)n1. The van der Waals surface area contributed by atoms with Gasteiger partial charge < -0.3 is 14.6 Å². The third-order valence-electron chi connectivity index (χ3n) is 4.92. The van der Waals surface area contributed by atoms with Crippen molar-refractivity contribution < 1.29 is 31.9 Å². The molecule has 0 bridgehead atoms. The number of amides is 1. The van der Waals surface area contributed by atoms with Gasteiger partial charge in [0.25, 0.3) is 0 Å². The molecule has 0 saturated carbocycles. The summed E-state index contributed by atoms with van der Waals surface area (Å²) in [6.07, 6.45) is -0.759. The van der Waals surface area contributed by atoms with Gasteiger partial charge in [-0.3, -0.25) is 18.5 Å². The monoisotopic (exact) mass is 435 g/mol. The molecule has 3 heterocycles. The van der Waals surface area contributed by atoms with E-state index in [1.54, 1.807) is 0 Å². The summed E-state index contributed by atoms with van der Waals surface area (Å²) in [5.74, 6) is -4.10. The van der Waals surface area contributed by atoms with E-state index in [2.05, 4.69) is 10.3 Å². The van der Waals surface area contributed by atoms with E-state index >= 15 is 0 Å². The van der Waals surface area contributed by atoms with E-state index in [9.17, 15) is 22.9 Å². The minimum atomic E-state index is -3.61. The zero-order valence-corrected chi connectivity index (χ0v) is 17.1. The van der Waals surface area contributed by atoms with Crippen LogP contribution >= 0.6 is 8.25 Å². The number of alkyl halides is 2. The molecule has 0 radical (unpaired) electrons. The fraction of sp³-hybridized carbons (Fsp3) is 0.706. The van der Waals surface area contributed by atoms with E-state index in [-0.39, 0.29) is 24.2 Å². The molecule has 0 aliphatic carbocycles. The van der Waals surface area contributed by atoms with Crippen LogP contribution in [0.3, 0.4) is 0 Å². The lowest BCUT2D eigenvalue weighted by Gasteiger charge is -2.26. The molecule has 0 spiro atoms. The van der Waals surface area contributed by atoms with Crippen LogP contribution in [0.15, 0.2) is 17.1 Å². The van der Waals surface area contributed by atoms with Crippen molar-refractivity contribution in [3.05, 3.63) is 22.7 Å². The Labute approximate surface area is 166 Å². The number of nitrogens with zero attached hydrogens (tertiary/aromatic N) is 2. The summed E-state index contributed by atoms with van der Waals surface area (Å²) in [4.78, 5) is 28.4. The van der Waals surface area contributed by atoms with Gasteiger partial charge in [-0.15, -0.1) is 0 Å². The first-order valence-corrected chi connectivity index (χ1v) is 10.8. The predicted octanol–water partition coefficient (Wildman–Crippen LogP) is 2.74. The van der Waals surface area contributed by atoms with Gasteiger partial charge in [-0.05, 0) is 18.9 Å². The molecule has 0 aromatic carbocycles. The maximum atomic E-state index is 14.7. The van der Waals surface area contributed by atoms with Gasteiger partial charge in [-0.1, -0.05) is 26.7 Å². The number of hydrogen-bond acceptors (Lipinski definition) is 7. The number of ether oxygens (including phenoxy) is 1. The summed E-state index contributed by atoms with van der Waals surface area (Å²) in [6.45, 7) is 3.63. The van der Waals surface area contributed by atoms with Gasteiger partial charge in [-0.25, -0.2) is 4.79 Å². The first-order valence-electron chi connectivity index (χ1n) is 9.54. The third kappa shape index (κ3) is 4.58. The molecule has 2 aliphatic rings. The Morgan fingerprint density at radius 1 is 1.41 bits per heavy atom. The zero-order chi connectivity index (χ0) is 21.2. The number of aromatic nitrogens is 2. The minimum absolute atomic E-state index is 0.0168. The Hall–Kier alpha value is -1.68. The van der Waals surface area contributed by atoms with Crippen LogP contribution in [-0.2, 0) is 23.1 Å². The molecule has 162 valence electrons. The molecule has 1 aromatic heterocycles. The number of carbonyl (C=O) groups excluding carboxylic acids is 1. The van der Waals surface area contributed by atoms with Crippen LogP contribution in [0.1, 0.15) is 45.8 Å². The second kappa shape index (κ2) is 8.99. The van der Waals surface area contributed by atoms with Crippen molar-refractivity contribution in [3.8, 4) is 0 Å². The van der Waals surface area contributed by atoms with E-state index in [4.69, 9.17) is 13.8 Å².